The van der Waals surface area contributed by atoms with Crippen molar-refractivity contribution in [3.8, 4) is 16.3 Å². The Bertz CT molecular complexity index is 820. The molecule has 21 heavy (non-hydrogen) atoms. The van der Waals surface area contributed by atoms with Crippen LogP contribution in [0.1, 0.15) is 0 Å². The van der Waals surface area contributed by atoms with Gasteiger partial charge in [0.1, 0.15) is 10.8 Å². The number of fused-ring (bicyclic) bond motifs is 2. The van der Waals surface area contributed by atoms with E-state index in [1.165, 1.54) is 0 Å². The summed E-state index contributed by atoms with van der Waals surface area (Å²) in [5.41, 5.74) is 2.61. The number of ether oxygens (including phenoxy) is 1. The molecule has 1 aliphatic rings. The van der Waals surface area contributed by atoms with E-state index in [1.54, 1.807) is 23.7 Å². The summed E-state index contributed by atoms with van der Waals surface area (Å²) in [5, 5.41) is 3.73. The number of thiazole rings is 1. The van der Waals surface area contributed by atoms with Crippen molar-refractivity contribution < 1.29 is 9.53 Å². The van der Waals surface area contributed by atoms with E-state index in [9.17, 15) is 4.79 Å². The Morgan fingerprint density at radius 3 is 2.86 bits per heavy atom. The van der Waals surface area contributed by atoms with Crippen LogP contribution in [0.25, 0.3) is 20.8 Å². The number of anilines is 1. The maximum absolute atomic E-state index is 11.3. The Labute approximate surface area is 134 Å². The van der Waals surface area contributed by atoms with Crippen molar-refractivity contribution in [3.63, 3.8) is 0 Å². The molecule has 7 heteroatoms. The van der Waals surface area contributed by atoms with Crippen LogP contribution in [0, 0.1) is 0 Å². The van der Waals surface area contributed by atoms with Gasteiger partial charge in [-0.05, 0) is 18.2 Å². The molecule has 4 rings (SSSR count). The SMILES string of the molecule is Br.O=C1COc2cc3nc(-c4ccncc4)sc3cc2N1. The van der Waals surface area contributed by atoms with Gasteiger partial charge in [0.15, 0.2) is 6.61 Å². The summed E-state index contributed by atoms with van der Waals surface area (Å²) < 4.78 is 6.42. The van der Waals surface area contributed by atoms with Gasteiger partial charge in [0.2, 0.25) is 0 Å². The fourth-order valence-electron chi connectivity index (χ4n) is 2.12. The molecular weight excluding hydrogens is 354 g/mol. The Morgan fingerprint density at radius 2 is 2.05 bits per heavy atom. The molecule has 2 aromatic heterocycles. The fraction of sp³-hybridized carbons (Fsp3) is 0.0714. The average molecular weight is 364 g/mol. The standard InChI is InChI=1S/C14H9N3O2S.BrH/c18-13-7-19-11-5-10-12(6-9(11)16-13)20-14(17-10)8-1-3-15-4-2-8;/h1-6H,7H2,(H,16,18);1H. The van der Waals surface area contributed by atoms with E-state index in [2.05, 4.69) is 15.3 Å². The molecule has 3 heterocycles. The first-order valence-corrected chi connectivity index (χ1v) is 6.89. The molecule has 0 saturated carbocycles. The number of carbonyl (C=O) groups is 1. The molecule has 3 aromatic rings. The first-order valence-electron chi connectivity index (χ1n) is 6.07. The van der Waals surface area contributed by atoms with E-state index in [0.29, 0.717) is 11.4 Å². The summed E-state index contributed by atoms with van der Waals surface area (Å²) in [6.45, 7) is 0.0554. The molecule has 1 aromatic carbocycles. The minimum atomic E-state index is -0.129. The molecule has 0 fully saturated rings. The second-order valence-corrected chi connectivity index (χ2v) is 5.44. The highest BCUT2D eigenvalue weighted by molar-refractivity contribution is 8.93. The van der Waals surface area contributed by atoms with Gasteiger partial charge in [-0.25, -0.2) is 4.98 Å². The highest BCUT2D eigenvalue weighted by Crippen LogP contribution is 2.37. The minimum absolute atomic E-state index is 0. The van der Waals surface area contributed by atoms with Crippen molar-refractivity contribution >= 4 is 50.1 Å². The van der Waals surface area contributed by atoms with Gasteiger partial charge < -0.3 is 10.1 Å². The number of rotatable bonds is 1. The number of nitrogens with one attached hydrogen (secondary N) is 1. The molecule has 5 nitrogen and oxygen atoms in total. The van der Waals surface area contributed by atoms with Gasteiger partial charge in [-0.2, -0.15) is 0 Å². The van der Waals surface area contributed by atoms with Gasteiger partial charge in [-0.1, -0.05) is 0 Å². The Hall–Kier alpha value is -1.99. The number of aromatic nitrogens is 2. The zero-order valence-corrected chi connectivity index (χ0v) is 13.2. The number of halogens is 1. The molecule has 0 saturated heterocycles. The molecule has 0 aliphatic carbocycles. The van der Waals surface area contributed by atoms with Crippen LogP contribution in [-0.2, 0) is 4.79 Å². The number of nitrogens with zero attached hydrogens (tertiary/aromatic N) is 2. The number of hydrogen-bond donors (Lipinski definition) is 1. The molecule has 0 spiro atoms. The summed E-state index contributed by atoms with van der Waals surface area (Å²) in [6.07, 6.45) is 3.49. The van der Waals surface area contributed by atoms with Crippen molar-refractivity contribution in [3.05, 3.63) is 36.7 Å². The molecule has 1 amide bonds. The van der Waals surface area contributed by atoms with Crippen molar-refractivity contribution in [2.45, 2.75) is 0 Å². The number of amides is 1. The van der Waals surface area contributed by atoms with Crippen molar-refractivity contribution in [1.82, 2.24) is 9.97 Å². The van der Waals surface area contributed by atoms with Crippen molar-refractivity contribution in [2.75, 3.05) is 11.9 Å². The Morgan fingerprint density at radius 1 is 1.24 bits per heavy atom. The predicted octanol–water partition coefficient (Wildman–Crippen LogP) is 3.27. The summed E-state index contributed by atoms with van der Waals surface area (Å²) in [6, 6.07) is 7.63. The van der Waals surface area contributed by atoms with Gasteiger partial charge in [-0.3, -0.25) is 9.78 Å². The van der Waals surface area contributed by atoms with Crippen molar-refractivity contribution in [2.24, 2.45) is 0 Å². The first kappa shape index (κ1) is 14.0. The quantitative estimate of drug-likeness (QED) is 0.720. The normalized spacial score (nSPS) is 13.0. The van der Waals surface area contributed by atoms with Crippen LogP contribution in [0.5, 0.6) is 5.75 Å². The first-order chi connectivity index (χ1) is 9.79. The lowest BCUT2D eigenvalue weighted by atomic mass is 10.2. The highest BCUT2D eigenvalue weighted by Gasteiger charge is 2.18. The van der Waals surface area contributed by atoms with Gasteiger partial charge in [0.05, 0.1) is 15.9 Å². The van der Waals surface area contributed by atoms with Crippen LogP contribution in [0.4, 0.5) is 5.69 Å². The molecule has 0 bridgehead atoms. The second-order valence-electron chi connectivity index (χ2n) is 4.41. The topological polar surface area (TPSA) is 64.1 Å². The van der Waals surface area contributed by atoms with Gasteiger partial charge in [0, 0.05) is 24.0 Å². The summed E-state index contributed by atoms with van der Waals surface area (Å²) in [5.74, 6) is 0.541. The van der Waals surface area contributed by atoms with Crippen LogP contribution in [-0.4, -0.2) is 22.5 Å². The monoisotopic (exact) mass is 363 g/mol. The molecule has 106 valence electrons. The lowest BCUT2D eigenvalue weighted by Crippen LogP contribution is -2.25. The van der Waals surface area contributed by atoms with E-state index in [1.807, 2.05) is 24.3 Å². The van der Waals surface area contributed by atoms with Crippen LogP contribution in [0.3, 0.4) is 0 Å². The van der Waals surface area contributed by atoms with E-state index >= 15 is 0 Å². The van der Waals surface area contributed by atoms with Crippen LogP contribution >= 0.6 is 28.3 Å². The zero-order chi connectivity index (χ0) is 13.5. The second kappa shape index (κ2) is 5.42. The Balaban J connectivity index is 0.00000132. The third-order valence-corrected chi connectivity index (χ3v) is 4.12. The zero-order valence-electron chi connectivity index (χ0n) is 10.7. The number of carbonyl (C=O) groups excluding carboxylic acids is 1. The summed E-state index contributed by atoms with van der Waals surface area (Å²) in [4.78, 5) is 19.9. The van der Waals surface area contributed by atoms with E-state index in [4.69, 9.17) is 4.74 Å². The highest BCUT2D eigenvalue weighted by atomic mass is 79.9. The number of benzene rings is 1. The van der Waals surface area contributed by atoms with Crippen LogP contribution < -0.4 is 10.1 Å². The summed E-state index contributed by atoms with van der Waals surface area (Å²) in [7, 11) is 0. The largest absolute Gasteiger partial charge is 0.481 e. The number of hydrogen-bond acceptors (Lipinski definition) is 5. The minimum Gasteiger partial charge on any atom is -0.481 e. The third-order valence-electron chi connectivity index (χ3n) is 3.05. The molecule has 0 atom stereocenters. The lowest BCUT2D eigenvalue weighted by molar-refractivity contribution is -0.118. The molecular formula is C14H10BrN3O2S. The molecule has 0 radical (unpaired) electrons. The molecule has 0 unspecified atom stereocenters. The maximum Gasteiger partial charge on any atom is 0.262 e. The molecule has 1 N–H and O–H groups in total. The van der Waals surface area contributed by atoms with Crippen LogP contribution in [0.15, 0.2) is 36.7 Å². The fourth-order valence-corrected chi connectivity index (χ4v) is 3.11. The molecule has 1 aliphatic heterocycles. The van der Waals surface area contributed by atoms with Crippen molar-refractivity contribution in [1.29, 1.82) is 0 Å². The Kier molecular flexibility index (Phi) is 3.60. The predicted molar refractivity (Wildman–Crippen MR) is 87.3 cm³/mol. The number of pyridine rings is 1. The average Bonchev–Trinajstić information content (AvgIpc) is 2.88. The van der Waals surface area contributed by atoms with Gasteiger partial charge in [0.25, 0.3) is 5.91 Å². The van der Waals surface area contributed by atoms with Gasteiger partial charge in [-0.15, -0.1) is 28.3 Å². The van der Waals surface area contributed by atoms with Crippen LogP contribution in [0.2, 0.25) is 0 Å². The van der Waals surface area contributed by atoms with E-state index < -0.39 is 0 Å². The summed E-state index contributed by atoms with van der Waals surface area (Å²) >= 11 is 1.58. The maximum atomic E-state index is 11.3. The smallest absolute Gasteiger partial charge is 0.262 e. The van der Waals surface area contributed by atoms with E-state index in [0.717, 1.165) is 20.8 Å². The van der Waals surface area contributed by atoms with E-state index in [-0.39, 0.29) is 29.5 Å². The third kappa shape index (κ3) is 2.50. The lowest BCUT2D eigenvalue weighted by Gasteiger charge is -2.17. The van der Waals surface area contributed by atoms with Gasteiger partial charge >= 0.3 is 0 Å².